The molecule has 1 saturated heterocycles. The van der Waals surface area contributed by atoms with Crippen molar-refractivity contribution in [2.24, 2.45) is 5.92 Å². The molecule has 1 atom stereocenters. The van der Waals surface area contributed by atoms with Gasteiger partial charge in [0.05, 0.1) is 5.92 Å². The SMILES string of the molecule is Cc1ccc(CC(=O)CC(CN2CCCCC2)C(=O)O)c(Cl)c1. The summed E-state index contributed by atoms with van der Waals surface area (Å²) in [5.41, 5.74) is 1.81. The van der Waals surface area contributed by atoms with Crippen molar-refractivity contribution in [3.63, 3.8) is 0 Å². The lowest BCUT2D eigenvalue weighted by Crippen LogP contribution is -2.37. The van der Waals surface area contributed by atoms with Gasteiger partial charge in [0.15, 0.2) is 0 Å². The minimum atomic E-state index is -0.890. The van der Waals surface area contributed by atoms with Gasteiger partial charge < -0.3 is 10.0 Å². The maximum Gasteiger partial charge on any atom is 0.308 e. The Balaban J connectivity index is 1.93. The smallest absolute Gasteiger partial charge is 0.308 e. The lowest BCUT2D eigenvalue weighted by Gasteiger charge is -2.28. The highest BCUT2D eigenvalue weighted by atomic mass is 35.5. The summed E-state index contributed by atoms with van der Waals surface area (Å²) in [5.74, 6) is -1.59. The van der Waals surface area contributed by atoms with E-state index < -0.39 is 11.9 Å². The minimum absolute atomic E-state index is 0.0655. The van der Waals surface area contributed by atoms with E-state index in [9.17, 15) is 14.7 Å². The lowest BCUT2D eigenvalue weighted by atomic mass is 9.96. The average Bonchev–Trinajstić information content (AvgIpc) is 2.50. The normalized spacial score (nSPS) is 17.0. The summed E-state index contributed by atoms with van der Waals surface area (Å²) < 4.78 is 0. The maximum absolute atomic E-state index is 12.3. The summed E-state index contributed by atoms with van der Waals surface area (Å²) in [4.78, 5) is 25.9. The number of benzene rings is 1. The van der Waals surface area contributed by atoms with Crippen molar-refractivity contribution in [2.75, 3.05) is 19.6 Å². The zero-order valence-corrected chi connectivity index (χ0v) is 14.3. The quantitative estimate of drug-likeness (QED) is 0.829. The predicted molar refractivity (Wildman–Crippen MR) is 90.9 cm³/mol. The van der Waals surface area contributed by atoms with Crippen LogP contribution in [0, 0.1) is 12.8 Å². The third-order valence-electron chi connectivity index (χ3n) is 4.35. The first kappa shape index (κ1) is 18.0. The topological polar surface area (TPSA) is 57.6 Å². The summed E-state index contributed by atoms with van der Waals surface area (Å²) in [6, 6.07) is 5.58. The van der Waals surface area contributed by atoms with Crippen LogP contribution in [0.3, 0.4) is 0 Å². The van der Waals surface area contributed by atoms with E-state index >= 15 is 0 Å². The lowest BCUT2D eigenvalue weighted by molar-refractivity contribution is -0.144. The summed E-state index contributed by atoms with van der Waals surface area (Å²) >= 11 is 6.15. The molecule has 0 spiro atoms. The van der Waals surface area contributed by atoms with Crippen LogP contribution in [0.4, 0.5) is 0 Å². The third kappa shape index (κ3) is 5.63. The summed E-state index contributed by atoms with van der Waals surface area (Å²) in [6.45, 7) is 4.27. The first-order valence-electron chi connectivity index (χ1n) is 8.17. The molecule has 1 unspecified atom stereocenters. The fourth-order valence-corrected chi connectivity index (χ4v) is 3.34. The Morgan fingerprint density at radius 3 is 2.57 bits per heavy atom. The van der Waals surface area contributed by atoms with E-state index in [0.717, 1.165) is 37.1 Å². The molecule has 1 fully saturated rings. The van der Waals surface area contributed by atoms with Crippen LogP contribution in [0.5, 0.6) is 0 Å². The van der Waals surface area contributed by atoms with Crippen molar-refractivity contribution in [2.45, 2.75) is 39.0 Å². The molecule has 126 valence electrons. The number of likely N-dealkylation sites (tertiary alicyclic amines) is 1. The number of carbonyl (C=O) groups excluding carboxylic acids is 1. The summed E-state index contributed by atoms with van der Waals surface area (Å²) in [5, 5.41) is 9.98. The Morgan fingerprint density at radius 1 is 1.26 bits per heavy atom. The molecule has 1 aliphatic heterocycles. The molecule has 0 aliphatic carbocycles. The Bertz CT molecular complexity index is 567. The van der Waals surface area contributed by atoms with Crippen LogP contribution in [-0.4, -0.2) is 41.4 Å². The number of nitrogens with zero attached hydrogens (tertiary/aromatic N) is 1. The number of rotatable bonds is 7. The first-order valence-corrected chi connectivity index (χ1v) is 8.55. The van der Waals surface area contributed by atoms with Gasteiger partial charge in [0.1, 0.15) is 5.78 Å². The molecular weight excluding hydrogens is 314 g/mol. The van der Waals surface area contributed by atoms with Crippen molar-refractivity contribution in [3.05, 3.63) is 34.3 Å². The number of piperidine rings is 1. The number of halogens is 1. The molecule has 5 heteroatoms. The van der Waals surface area contributed by atoms with Gasteiger partial charge in [-0.15, -0.1) is 0 Å². The Morgan fingerprint density at radius 2 is 1.96 bits per heavy atom. The first-order chi connectivity index (χ1) is 11.0. The molecule has 0 amide bonds. The van der Waals surface area contributed by atoms with E-state index in [-0.39, 0.29) is 18.6 Å². The molecule has 0 saturated carbocycles. The van der Waals surface area contributed by atoms with Crippen molar-refractivity contribution < 1.29 is 14.7 Å². The molecule has 1 aliphatic rings. The highest BCUT2D eigenvalue weighted by molar-refractivity contribution is 6.31. The zero-order valence-electron chi connectivity index (χ0n) is 13.6. The van der Waals surface area contributed by atoms with Gasteiger partial charge in [-0.25, -0.2) is 0 Å². The number of carboxylic acids is 1. The minimum Gasteiger partial charge on any atom is -0.481 e. The van der Waals surface area contributed by atoms with E-state index in [1.54, 1.807) is 0 Å². The van der Waals surface area contributed by atoms with Gasteiger partial charge in [-0.2, -0.15) is 0 Å². The maximum atomic E-state index is 12.3. The van der Waals surface area contributed by atoms with Crippen molar-refractivity contribution >= 4 is 23.4 Å². The number of hydrogen-bond donors (Lipinski definition) is 1. The van der Waals surface area contributed by atoms with Gasteiger partial charge in [-0.05, 0) is 50.0 Å². The molecule has 0 aromatic heterocycles. The second kappa shape index (κ2) is 8.46. The van der Waals surface area contributed by atoms with E-state index in [2.05, 4.69) is 4.90 Å². The highest BCUT2D eigenvalue weighted by Gasteiger charge is 2.25. The van der Waals surface area contributed by atoms with Crippen LogP contribution in [0.2, 0.25) is 5.02 Å². The monoisotopic (exact) mass is 337 g/mol. The molecule has 0 bridgehead atoms. The van der Waals surface area contributed by atoms with Crippen molar-refractivity contribution in [3.8, 4) is 0 Å². The predicted octanol–water partition coefficient (Wildman–Crippen LogP) is 3.34. The molecule has 0 radical (unpaired) electrons. The number of Topliss-reactive ketones (excluding diaryl/α,β-unsaturated/α-hetero) is 1. The largest absolute Gasteiger partial charge is 0.481 e. The van der Waals surface area contributed by atoms with Crippen molar-refractivity contribution in [1.82, 2.24) is 4.90 Å². The number of aliphatic carboxylic acids is 1. The number of ketones is 1. The van der Waals surface area contributed by atoms with Gasteiger partial charge in [-0.1, -0.05) is 30.2 Å². The second-order valence-electron chi connectivity index (χ2n) is 6.41. The highest BCUT2D eigenvalue weighted by Crippen LogP contribution is 2.20. The molecule has 1 heterocycles. The Labute approximate surface area is 142 Å². The number of carboxylic acid groups (broad SMARTS) is 1. The zero-order chi connectivity index (χ0) is 16.8. The van der Waals surface area contributed by atoms with Crippen LogP contribution < -0.4 is 0 Å². The Kier molecular flexibility index (Phi) is 6.60. The molecule has 23 heavy (non-hydrogen) atoms. The molecule has 1 N–H and O–H groups in total. The van der Waals surface area contributed by atoms with Gasteiger partial charge in [0.25, 0.3) is 0 Å². The summed E-state index contributed by atoms with van der Waals surface area (Å²) in [6.07, 6.45) is 3.69. The van der Waals surface area contributed by atoms with E-state index in [1.165, 1.54) is 6.42 Å². The van der Waals surface area contributed by atoms with Gasteiger partial charge in [0.2, 0.25) is 0 Å². The molecular formula is C18H24ClNO3. The molecule has 1 aromatic carbocycles. The molecule has 4 nitrogen and oxygen atoms in total. The third-order valence-corrected chi connectivity index (χ3v) is 4.70. The van der Waals surface area contributed by atoms with E-state index in [4.69, 9.17) is 11.6 Å². The van der Waals surface area contributed by atoms with Gasteiger partial charge in [0, 0.05) is 24.4 Å². The van der Waals surface area contributed by atoms with Crippen LogP contribution in [0.15, 0.2) is 18.2 Å². The summed E-state index contributed by atoms with van der Waals surface area (Å²) in [7, 11) is 0. The van der Waals surface area contributed by atoms with Crippen LogP contribution in [0.25, 0.3) is 0 Å². The molecule has 1 aromatic rings. The number of carbonyl (C=O) groups is 2. The van der Waals surface area contributed by atoms with Crippen molar-refractivity contribution in [1.29, 1.82) is 0 Å². The average molecular weight is 338 g/mol. The van der Waals surface area contributed by atoms with E-state index in [1.807, 2.05) is 25.1 Å². The fraction of sp³-hybridized carbons (Fsp3) is 0.556. The van der Waals surface area contributed by atoms with Crippen LogP contribution >= 0.6 is 11.6 Å². The number of hydrogen-bond acceptors (Lipinski definition) is 3. The standard InChI is InChI=1S/C18H24ClNO3/c1-13-5-6-14(17(19)9-13)10-16(21)11-15(18(22)23)12-20-7-3-2-4-8-20/h5-6,9,15H,2-4,7-8,10-12H2,1H3,(H,22,23). The van der Waals surface area contributed by atoms with Crippen LogP contribution in [0.1, 0.15) is 36.8 Å². The van der Waals surface area contributed by atoms with Gasteiger partial charge in [-0.3, -0.25) is 9.59 Å². The molecule has 2 rings (SSSR count). The van der Waals surface area contributed by atoms with E-state index in [0.29, 0.717) is 11.6 Å². The second-order valence-corrected chi connectivity index (χ2v) is 6.82. The van der Waals surface area contributed by atoms with Crippen LogP contribution in [-0.2, 0) is 16.0 Å². The fourth-order valence-electron chi connectivity index (χ4n) is 3.04. The Hall–Kier alpha value is -1.39. The number of aryl methyl sites for hydroxylation is 1. The van der Waals surface area contributed by atoms with Gasteiger partial charge >= 0.3 is 5.97 Å².